The molecule has 4 aromatic rings. The molecule has 0 amide bonds. The summed E-state index contributed by atoms with van der Waals surface area (Å²) in [4.78, 5) is 27.4. The lowest BCUT2D eigenvalue weighted by atomic mass is 9.80. The highest BCUT2D eigenvalue weighted by atomic mass is 16.1. The van der Waals surface area contributed by atoms with Crippen molar-refractivity contribution >= 4 is 34.3 Å². The summed E-state index contributed by atoms with van der Waals surface area (Å²) in [7, 11) is 0. The Morgan fingerprint density at radius 3 is 1.84 bits per heavy atom. The normalized spacial score (nSPS) is 12.2. The molecule has 5 rings (SSSR count). The van der Waals surface area contributed by atoms with E-state index in [0.717, 1.165) is 22.5 Å². The molecule has 0 saturated heterocycles. The van der Waals surface area contributed by atoms with Gasteiger partial charge in [-0.2, -0.15) is 0 Å². The Morgan fingerprint density at radius 2 is 1.19 bits per heavy atom. The van der Waals surface area contributed by atoms with Crippen LogP contribution in [0.4, 0.5) is 22.7 Å². The molecule has 0 bridgehead atoms. The molecule has 0 aromatic heterocycles. The van der Waals surface area contributed by atoms with Crippen molar-refractivity contribution < 1.29 is 9.59 Å². The number of carbonyl (C=O) groups excluding carboxylic acids is 2. The molecule has 156 valence electrons. The van der Waals surface area contributed by atoms with Gasteiger partial charge >= 0.3 is 0 Å². The van der Waals surface area contributed by atoms with Crippen LogP contribution < -0.4 is 10.6 Å². The van der Waals surface area contributed by atoms with Crippen molar-refractivity contribution in [1.82, 2.24) is 0 Å². The van der Waals surface area contributed by atoms with Crippen molar-refractivity contribution in [2.24, 2.45) is 0 Å². The molecule has 0 saturated carbocycles. The Bertz CT molecular complexity index is 1360. The smallest absolute Gasteiger partial charge is 0.196 e. The predicted molar refractivity (Wildman–Crippen MR) is 129 cm³/mol. The van der Waals surface area contributed by atoms with E-state index in [1.165, 1.54) is 0 Å². The average molecular weight is 418 g/mol. The van der Waals surface area contributed by atoms with E-state index in [0.29, 0.717) is 33.6 Å². The van der Waals surface area contributed by atoms with Gasteiger partial charge in [0.15, 0.2) is 11.6 Å². The fourth-order valence-corrected chi connectivity index (χ4v) is 4.19. The average Bonchev–Trinajstić information content (AvgIpc) is 2.81. The van der Waals surface area contributed by atoms with E-state index in [9.17, 15) is 9.59 Å². The van der Waals surface area contributed by atoms with E-state index in [1.807, 2.05) is 92.7 Å². The maximum atomic E-state index is 13.7. The molecule has 1 aliphatic rings. The summed E-state index contributed by atoms with van der Waals surface area (Å²) in [6.45, 7) is 3.94. The summed E-state index contributed by atoms with van der Waals surface area (Å²) >= 11 is 0. The second-order valence-electron chi connectivity index (χ2n) is 7.98. The van der Waals surface area contributed by atoms with Gasteiger partial charge in [-0.1, -0.05) is 48.5 Å². The summed E-state index contributed by atoms with van der Waals surface area (Å²) in [5.74, 6) is -0.291. The molecule has 0 atom stereocenters. The summed E-state index contributed by atoms with van der Waals surface area (Å²) in [5.41, 5.74) is 6.68. The zero-order valence-electron chi connectivity index (χ0n) is 17.9. The first-order valence-electron chi connectivity index (χ1n) is 10.6. The Morgan fingerprint density at radius 1 is 0.594 bits per heavy atom. The van der Waals surface area contributed by atoms with E-state index >= 15 is 0 Å². The third-order valence-electron chi connectivity index (χ3n) is 5.95. The number of anilines is 4. The second-order valence-corrected chi connectivity index (χ2v) is 7.98. The van der Waals surface area contributed by atoms with Gasteiger partial charge in [-0.25, -0.2) is 0 Å². The minimum Gasteiger partial charge on any atom is -0.355 e. The van der Waals surface area contributed by atoms with Gasteiger partial charge in [0.05, 0.1) is 22.5 Å². The highest BCUT2D eigenvalue weighted by Crippen LogP contribution is 2.39. The fraction of sp³-hybridized carbons (Fsp3) is 0.0714. The monoisotopic (exact) mass is 418 g/mol. The first kappa shape index (κ1) is 19.8. The van der Waals surface area contributed by atoms with E-state index in [2.05, 4.69) is 10.6 Å². The van der Waals surface area contributed by atoms with Crippen molar-refractivity contribution in [3.8, 4) is 0 Å². The van der Waals surface area contributed by atoms with Crippen LogP contribution in [-0.4, -0.2) is 11.6 Å². The van der Waals surface area contributed by atoms with Crippen LogP contribution in [0.2, 0.25) is 0 Å². The van der Waals surface area contributed by atoms with Gasteiger partial charge in [-0.05, 0) is 61.4 Å². The van der Waals surface area contributed by atoms with Crippen LogP contribution in [0.15, 0.2) is 84.9 Å². The van der Waals surface area contributed by atoms with E-state index in [1.54, 1.807) is 6.07 Å². The minimum atomic E-state index is -0.146. The molecule has 4 nitrogen and oxygen atoms in total. The van der Waals surface area contributed by atoms with Gasteiger partial charge in [-0.15, -0.1) is 0 Å². The maximum absolute atomic E-state index is 13.7. The van der Waals surface area contributed by atoms with Gasteiger partial charge in [0, 0.05) is 22.5 Å². The summed E-state index contributed by atoms with van der Waals surface area (Å²) in [5, 5.41) is 6.69. The highest BCUT2D eigenvalue weighted by Gasteiger charge is 2.35. The third kappa shape index (κ3) is 3.26. The number of fused-ring (bicyclic) bond motifs is 2. The zero-order valence-corrected chi connectivity index (χ0v) is 17.9. The first-order valence-corrected chi connectivity index (χ1v) is 10.6. The number of ketones is 2. The number of benzene rings is 4. The third-order valence-corrected chi connectivity index (χ3v) is 5.95. The molecule has 0 spiro atoms. The number of aryl methyl sites for hydroxylation is 1. The lowest BCUT2D eigenvalue weighted by Gasteiger charge is -2.25. The molecule has 1 aliphatic carbocycles. The maximum Gasteiger partial charge on any atom is 0.196 e. The molecule has 0 radical (unpaired) electrons. The Labute approximate surface area is 186 Å². The van der Waals surface area contributed by atoms with Gasteiger partial charge in [-0.3, -0.25) is 9.59 Å². The molecule has 4 aromatic carbocycles. The van der Waals surface area contributed by atoms with Gasteiger partial charge < -0.3 is 10.6 Å². The van der Waals surface area contributed by atoms with Crippen molar-refractivity contribution in [1.29, 1.82) is 0 Å². The topological polar surface area (TPSA) is 58.2 Å². The molecule has 0 aliphatic heterocycles. The molecule has 4 heteroatoms. The predicted octanol–water partition coefficient (Wildman–Crippen LogP) is 6.57. The zero-order chi connectivity index (χ0) is 22.2. The molecule has 0 fully saturated rings. The molecule has 0 heterocycles. The quantitative estimate of drug-likeness (QED) is 0.347. The number of hydrogen-bond donors (Lipinski definition) is 2. The molecule has 0 unspecified atom stereocenters. The fourth-order valence-electron chi connectivity index (χ4n) is 4.19. The van der Waals surface area contributed by atoms with E-state index in [-0.39, 0.29) is 11.6 Å². The van der Waals surface area contributed by atoms with Gasteiger partial charge in [0.2, 0.25) is 0 Å². The molecule has 32 heavy (non-hydrogen) atoms. The molecular weight excluding hydrogens is 396 g/mol. The molecular formula is C28H22N2O2. The van der Waals surface area contributed by atoms with E-state index in [4.69, 9.17) is 0 Å². The first-order chi connectivity index (χ1) is 15.5. The number of nitrogens with one attached hydrogen (secondary N) is 2. The standard InChI is InChI=1S/C28H22N2O2/c1-17-16-22-25(26(18(17)2)30-20-12-7-4-8-13-20)27(31)21-14-9-15-23(24(21)28(22)32)29-19-10-5-3-6-11-19/h3-16,29-30H,1-2H3. The number of hydrogen-bond acceptors (Lipinski definition) is 4. The van der Waals surface area contributed by atoms with Crippen molar-refractivity contribution in [3.05, 3.63) is 118 Å². The summed E-state index contributed by atoms with van der Waals surface area (Å²) in [6.07, 6.45) is 0. The number of carbonyl (C=O) groups is 2. The van der Waals surface area contributed by atoms with Crippen LogP contribution in [-0.2, 0) is 0 Å². The Kier molecular flexibility index (Phi) is 4.83. The second kappa shape index (κ2) is 7.82. The van der Waals surface area contributed by atoms with Crippen LogP contribution in [0.3, 0.4) is 0 Å². The largest absolute Gasteiger partial charge is 0.355 e. The number of para-hydroxylation sites is 2. The van der Waals surface area contributed by atoms with Crippen LogP contribution in [0, 0.1) is 13.8 Å². The number of rotatable bonds is 4. The minimum absolute atomic E-state index is 0.146. The lowest BCUT2D eigenvalue weighted by molar-refractivity contribution is 0.0980. The molecule has 2 N–H and O–H groups in total. The van der Waals surface area contributed by atoms with Crippen LogP contribution in [0.1, 0.15) is 43.0 Å². The highest BCUT2D eigenvalue weighted by molar-refractivity contribution is 6.32. The van der Waals surface area contributed by atoms with Crippen LogP contribution >= 0.6 is 0 Å². The van der Waals surface area contributed by atoms with Gasteiger partial charge in [0.25, 0.3) is 0 Å². The SMILES string of the molecule is Cc1cc2c(c(Nc3ccccc3)c1C)C(=O)c1cccc(Nc3ccccc3)c1C2=O. The van der Waals surface area contributed by atoms with Gasteiger partial charge in [0.1, 0.15) is 0 Å². The van der Waals surface area contributed by atoms with Crippen molar-refractivity contribution in [3.63, 3.8) is 0 Å². The Balaban J connectivity index is 1.66. The Hall–Kier alpha value is -4.18. The van der Waals surface area contributed by atoms with Crippen molar-refractivity contribution in [2.75, 3.05) is 10.6 Å². The lowest BCUT2D eigenvalue weighted by Crippen LogP contribution is -2.24. The van der Waals surface area contributed by atoms with E-state index < -0.39 is 0 Å². The summed E-state index contributed by atoms with van der Waals surface area (Å²) in [6, 6.07) is 26.6. The summed E-state index contributed by atoms with van der Waals surface area (Å²) < 4.78 is 0. The van der Waals surface area contributed by atoms with Crippen LogP contribution in [0.5, 0.6) is 0 Å². The van der Waals surface area contributed by atoms with Crippen LogP contribution in [0.25, 0.3) is 0 Å². The van der Waals surface area contributed by atoms with Crippen molar-refractivity contribution in [2.45, 2.75) is 13.8 Å².